The summed E-state index contributed by atoms with van der Waals surface area (Å²) in [6, 6.07) is 18.7. The van der Waals surface area contributed by atoms with E-state index in [1.165, 1.54) is 10.6 Å². The number of anilines is 1. The minimum atomic E-state index is -3.50. The van der Waals surface area contributed by atoms with Gasteiger partial charge in [0, 0.05) is 5.56 Å². The maximum absolute atomic E-state index is 12.6. The number of carbonyl (C=O) groups excluding carboxylic acids is 1. The number of amides is 1. The standard InChI is InChI=1S/C27H32N2O4S/c1-19-7-6-8-25(17-19)33-14-13-28-27(30)24-11-9-23(10-12-24)18-29(34(5,31)32)26-21(3)15-20(2)16-22(26)4/h6-12,15-17H,13-14,18H2,1-5H3,(H,28,30). The summed E-state index contributed by atoms with van der Waals surface area (Å²) in [7, 11) is -3.50. The SMILES string of the molecule is Cc1cccc(OCCNC(=O)c2ccc(CN(c3c(C)cc(C)cc3C)S(C)(=O)=O)cc2)c1. The average molecular weight is 481 g/mol. The van der Waals surface area contributed by atoms with Gasteiger partial charge in [-0.2, -0.15) is 0 Å². The zero-order valence-electron chi connectivity index (χ0n) is 20.4. The molecule has 0 saturated heterocycles. The van der Waals surface area contributed by atoms with Gasteiger partial charge in [-0.1, -0.05) is 42.0 Å². The predicted octanol–water partition coefficient (Wildman–Crippen LogP) is 4.70. The molecule has 0 aromatic heterocycles. The molecule has 180 valence electrons. The summed E-state index contributed by atoms with van der Waals surface area (Å²) in [5, 5.41) is 2.84. The molecule has 0 unspecified atom stereocenters. The van der Waals surface area contributed by atoms with Gasteiger partial charge in [0.15, 0.2) is 0 Å². The molecule has 0 spiro atoms. The summed E-state index contributed by atoms with van der Waals surface area (Å²) in [5.41, 5.74) is 6.02. The first-order valence-corrected chi connectivity index (χ1v) is 13.0. The molecule has 0 fully saturated rings. The van der Waals surface area contributed by atoms with Crippen LogP contribution in [0.1, 0.15) is 38.2 Å². The van der Waals surface area contributed by atoms with Crippen LogP contribution in [-0.4, -0.2) is 33.7 Å². The third kappa shape index (κ3) is 6.60. The number of sulfonamides is 1. The van der Waals surface area contributed by atoms with Crippen LogP contribution in [0, 0.1) is 27.7 Å². The fraction of sp³-hybridized carbons (Fsp3) is 0.296. The van der Waals surface area contributed by atoms with Crippen molar-refractivity contribution in [1.29, 1.82) is 0 Å². The Morgan fingerprint density at radius 1 is 0.912 bits per heavy atom. The summed E-state index contributed by atoms with van der Waals surface area (Å²) in [5.74, 6) is 0.567. The quantitative estimate of drug-likeness (QED) is 0.451. The van der Waals surface area contributed by atoms with Gasteiger partial charge in [0.2, 0.25) is 10.0 Å². The Balaban J connectivity index is 1.64. The molecule has 1 amide bonds. The van der Waals surface area contributed by atoms with Gasteiger partial charge in [-0.15, -0.1) is 0 Å². The zero-order chi connectivity index (χ0) is 24.9. The molecule has 0 radical (unpaired) electrons. The van der Waals surface area contributed by atoms with Crippen molar-refractivity contribution in [2.75, 3.05) is 23.7 Å². The van der Waals surface area contributed by atoms with Crippen molar-refractivity contribution >= 4 is 21.6 Å². The zero-order valence-corrected chi connectivity index (χ0v) is 21.2. The molecule has 34 heavy (non-hydrogen) atoms. The fourth-order valence-electron chi connectivity index (χ4n) is 4.00. The highest BCUT2D eigenvalue weighted by atomic mass is 32.2. The number of hydrogen-bond acceptors (Lipinski definition) is 4. The first-order valence-electron chi connectivity index (χ1n) is 11.2. The number of carbonyl (C=O) groups is 1. The van der Waals surface area contributed by atoms with E-state index in [2.05, 4.69) is 5.32 Å². The Bertz CT molecular complexity index is 1250. The molecule has 1 N–H and O–H groups in total. The van der Waals surface area contributed by atoms with Crippen molar-refractivity contribution in [2.45, 2.75) is 34.2 Å². The van der Waals surface area contributed by atoms with Gasteiger partial charge in [-0.05, 0) is 74.2 Å². The van der Waals surface area contributed by atoms with Crippen LogP contribution in [0.3, 0.4) is 0 Å². The van der Waals surface area contributed by atoms with Crippen molar-refractivity contribution in [2.24, 2.45) is 0 Å². The molecule has 0 bridgehead atoms. The van der Waals surface area contributed by atoms with Crippen molar-refractivity contribution < 1.29 is 17.9 Å². The highest BCUT2D eigenvalue weighted by Crippen LogP contribution is 2.29. The lowest BCUT2D eigenvalue weighted by atomic mass is 10.0. The minimum absolute atomic E-state index is 0.190. The Labute approximate surface area is 202 Å². The van der Waals surface area contributed by atoms with E-state index in [0.717, 1.165) is 33.6 Å². The lowest BCUT2D eigenvalue weighted by Gasteiger charge is -2.26. The third-order valence-electron chi connectivity index (χ3n) is 5.47. The molecular weight excluding hydrogens is 448 g/mol. The number of rotatable bonds is 9. The van der Waals surface area contributed by atoms with Crippen LogP contribution in [0.5, 0.6) is 5.75 Å². The maximum atomic E-state index is 12.6. The molecule has 0 heterocycles. The van der Waals surface area contributed by atoms with E-state index in [0.29, 0.717) is 24.4 Å². The van der Waals surface area contributed by atoms with Crippen molar-refractivity contribution in [3.63, 3.8) is 0 Å². The van der Waals surface area contributed by atoms with E-state index in [9.17, 15) is 13.2 Å². The van der Waals surface area contributed by atoms with Gasteiger partial charge in [0.25, 0.3) is 5.91 Å². The second kappa shape index (κ2) is 10.7. The monoisotopic (exact) mass is 480 g/mol. The largest absolute Gasteiger partial charge is 0.492 e. The van der Waals surface area contributed by atoms with Gasteiger partial charge in [0.1, 0.15) is 12.4 Å². The highest BCUT2D eigenvalue weighted by molar-refractivity contribution is 7.92. The van der Waals surface area contributed by atoms with Crippen LogP contribution in [0.25, 0.3) is 0 Å². The van der Waals surface area contributed by atoms with Crippen molar-refractivity contribution in [1.82, 2.24) is 5.32 Å². The van der Waals surface area contributed by atoms with Crippen LogP contribution in [-0.2, 0) is 16.6 Å². The van der Waals surface area contributed by atoms with Gasteiger partial charge < -0.3 is 10.1 Å². The molecule has 3 aromatic rings. The van der Waals surface area contributed by atoms with Crippen LogP contribution in [0.4, 0.5) is 5.69 Å². The number of hydrogen-bond donors (Lipinski definition) is 1. The number of ether oxygens (including phenoxy) is 1. The minimum Gasteiger partial charge on any atom is -0.492 e. The van der Waals surface area contributed by atoms with E-state index >= 15 is 0 Å². The topological polar surface area (TPSA) is 75.7 Å². The molecule has 3 aromatic carbocycles. The van der Waals surface area contributed by atoms with Crippen molar-refractivity contribution in [3.05, 3.63) is 94.0 Å². The molecule has 0 atom stereocenters. The van der Waals surface area contributed by atoms with Gasteiger partial charge in [0.05, 0.1) is 25.0 Å². The summed E-state index contributed by atoms with van der Waals surface area (Å²) >= 11 is 0. The molecule has 7 heteroatoms. The lowest BCUT2D eigenvalue weighted by Crippen LogP contribution is -2.31. The second-order valence-corrected chi connectivity index (χ2v) is 10.5. The Morgan fingerprint density at radius 3 is 2.15 bits per heavy atom. The molecular formula is C27H32N2O4S. The third-order valence-corrected chi connectivity index (χ3v) is 6.59. The van der Waals surface area contributed by atoms with Gasteiger partial charge >= 0.3 is 0 Å². The number of benzene rings is 3. The van der Waals surface area contributed by atoms with Crippen LogP contribution < -0.4 is 14.4 Å². The normalized spacial score (nSPS) is 11.2. The highest BCUT2D eigenvalue weighted by Gasteiger charge is 2.22. The second-order valence-electron chi connectivity index (χ2n) is 8.63. The summed E-state index contributed by atoms with van der Waals surface area (Å²) in [4.78, 5) is 12.5. The fourth-order valence-corrected chi connectivity index (χ4v) is 5.00. The maximum Gasteiger partial charge on any atom is 0.251 e. The van der Waals surface area contributed by atoms with Crippen molar-refractivity contribution in [3.8, 4) is 5.75 Å². The van der Waals surface area contributed by atoms with Crippen LogP contribution >= 0.6 is 0 Å². The summed E-state index contributed by atoms with van der Waals surface area (Å²) in [6.07, 6.45) is 1.21. The summed E-state index contributed by atoms with van der Waals surface area (Å²) in [6.45, 7) is 8.76. The lowest BCUT2D eigenvalue weighted by molar-refractivity contribution is 0.0947. The number of aryl methyl sites for hydroxylation is 4. The van der Waals surface area contributed by atoms with Crippen LogP contribution in [0.15, 0.2) is 60.7 Å². The molecule has 0 aliphatic carbocycles. The number of nitrogens with one attached hydrogen (secondary N) is 1. The first kappa shape index (κ1) is 25.3. The van der Waals surface area contributed by atoms with E-state index in [4.69, 9.17) is 4.74 Å². The predicted molar refractivity (Wildman–Crippen MR) is 137 cm³/mol. The first-order chi connectivity index (χ1) is 16.0. The average Bonchev–Trinajstić information content (AvgIpc) is 2.75. The van der Waals surface area contributed by atoms with E-state index in [1.54, 1.807) is 24.3 Å². The van der Waals surface area contributed by atoms with E-state index in [-0.39, 0.29) is 12.5 Å². The molecule has 0 aliphatic heterocycles. The van der Waals surface area contributed by atoms with E-state index in [1.807, 2.05) is 64.1 Å². The van der Waals surface area contributed by atoms with Crippen LogP contribution in [0.2, 0.25) is 0 Å². The molecule has 3 rings (SSSR count). The van der Waals surface area contributed by atoms with Gasteiger partial charge in [-0.25, -0.2) is 8.42 Å². The summed E-state index contributed by atoms with van der Waals surface area (Å²) < 4.78 is 32.3. The van der Waals surface area contributed by atoms with E-state index < -0.39 is 10.0 Å². The van der Waals surface area contributed by atoms with Gasteiger partial charge in [-0.3, -0.25) is 9.10 Å². The molecule has 0 aliphatic rings. The molecule has 6 nitrogen and oxygen atoms in total. The molecule has 0 saturated carbocycles. The Morgan fingerprint density at radius 2 is 1.56 bits per heavy atom. The smallest absolute Gasteiger partial charge is 0.251 e. The Kier molecular flexibility index (Phi) is 7.99. The number of nitrogens with zero attached hydrogens (tertiary/aromatic N) is 1. The Hall–Kier alpha value is -3.32.